The molecule has 6 heteroatoms. The van der Waals surface area contributed by atoms with Gasteiger partial charge >= 0.3 is 0 Å². The Morgan fingerprint density at radius 1 is 1.48 bits per heavy atom. The first-order chi connectivity index (χ1) is 10.1. The van der Waals surface area contributed by atoms with E-state index in [1.54, 1.807) is 18.2 Å². The van der Waals surface area contributed by atoms with Crippen molar-refractivity contribution in [1.82, 2.24) is 9.97 Å². The summed E-state index contributed by atoms with van der Waals surface area (Å²) >= 11 is 6.12. The first-order valence-electron chi connectivity index (χ1n) is 6.97. The van der Waals surface area contributed by atoms with Gasteiger partial charge in [-0.15, -0.1) is 0 Å². The molecular formula is C15H19ClN4O. The van der Waals surface area contributed by atoms with Crippen molar-refractivity contribution < 1.29 is 4.79 Å². The van der Waals surface area contributed by atoms with Gasteiger partial charge in [-0.05, 0) is 24.6 Å². The number of hydrogen-bond donors (Lipinski definition) is 3. The minimum Gasteiger partial charge on any atom is -0.379 e. The number of primary amides is 1. The zero-order valence-electron chi connectivity index (χ0n) is 11.9. The van der Waals surface area contributed by atoms with Crippen LogP contribution in [-0.2, 0) is 13.0 Å². The molecule has 1 amide bonds. The molecule has 1 aromatic heterocycles. The number of carbonyl (C=O) groups is 1. The van der Waals surface area contributed by atoms with Crippen LogP contribution < -0.4 is 11.1 Å². The average molecular weight is 307 g/mol. The maximum absolute atomic E-state index is 11.1. The number of imidazole rings is 1. The lowest BCUT2D eigenvalue weighted by Gasteiger charge is -2.06. The topological polar surface area (TPSA) is 83.8 Å². The minimum atomic E-state index is -0.444. The lowest BCUT2D eigenvalue weighted by molar-refractivity contribution is 0.100. The quantitative estimate of drug-likeness (QED) is 0.735. The molecular weight excluding hydrogens is 288 g/mol. The lowest BCUT2D eigenvalue weighted by Crippen LogP contribution is -2.11. The third-order valence-corrected chi connectivity index (χ3v) is 3.47. The Kier molecular flexibility index (Phi) is 5.22. The average Bonchev–Trinajstić information content (AvgIpc) is 2.83. The number of halogens is 1. The Balaban J connectivity index is 2.01. The molecule has 0 spiro atoms. The van der Waals surface area contributed by atoms with E-state index < -0.39 is 5.91 Å². The fourth-order valence-electron chi connectivity index (χ4n) is 1.99. The van der Waals surface area contributed by atoms with Crippen LogP contribution in [0.1, 0.15) is 41.6 Å². The summed E-state index contributed by atoms with van der Waals surface area (Å²) in [5.41, 5.74) is 7.38. The molecule has 0 saturated heterocycles. The van der Waals surface area contributed by atoms with E-state index in [0.717, 1.165) is 36.5 Å². The van der Waals surface area contributed by atoms with Crippen molar-refractivity contribution in [2.75, 3.05) is 5.32 Å². The van der Waals surface area contributed by atoms with Gasteiger partial charge in [0.05, 0.1) is 12.2 Å². The highest BCUT2D eigenvalue weighted by Crippen LogP contribution is 2.17. The molecule has 4 N–H and O–H groups in total. The van der Waals surface area contributed by atoms with Crippen LogP contribution in [0.4, 0.5) is 5.69 Å². The number of rotatable bonds is 7. The largest absolute Gasteiger partial charge is 0.379 e. The third-order valence-electron chi connectivity index (χ3n) is 3.16. The van der Waals surface area contributed by atoms with Crippen molar-refractivity contribution in [3.8, 4) is 0 Å². The second-order valence-electron chi connectivity index (χ2n) is 4.86. The molecule has 0 aliphatic carbocycles. The summed E-state index contributed by atoms with van der Waals surface area (Å²) in [6.45, 7) is 2.65. The highest BCUT2D eigenvalue weighted by atomic mass is 35.5. The molecule has 0 saturated carbocycles. The van der Waals surface area contributed by atoms with Crippen LogP contribution >= 0.6 is 11.6 Å². The Labute approximate surface area is 128 Å². The van der Waals surface area contributed by atoms with Crippen molar-refractivity contribution in [3.63, 3.8) is 0 Å². The van der Waals surface area contributed by atoms with Gasteiger partial charge in [-0.3, -0.25) is 4.79 Å². The summed E-state index contributed by atoms with van der Waals surface area (Å²) in [5.74, 6) is 0.463. The Morgan fingerprint density at radius 3 is 3.00 bits per heavy atom. The number of nitrogens with one attached hydrogen (secondary N) is 2. The van der Waals surface area contributed by atoms with E-state index in [-0.39, 0.29) is 0 Å². The predicted molar refractivity (Wildman–Crippen MR) is 84.5 cm³/mol. The third kappa shape index (κ3) is 4.23. The van der Waals surface area contributed by atoms with E-state index in [2.05, 4.69) is 22.2 Å². The second-order valence-corrected chi connectivity index (χ2v) is 5.21. The summed E-state index contributed by atoms with van der Waals surface area (Å²) in [6.07, 6.45) is 3.09. The summed E-state index contributed by atoms with van der Waals surface area (Å²) in [5, 5.41) is 3.69. The summed E-state index contributed by atoms with van der Waals surface area (Å²) in [6, 6.07) is 7.04. The number of aryl methyl sites for hydroxylation is 1. The SMILES string of the molecule is CCCCc1nc(Cl)c(CNc2cccc(C(N)=O)c2)[nH]1. The molecule has 21 heavy (non-hydrogen) atoms. The number of carbonyl (C=O) groups excluding carboxylic acids is 1. The highest BCUT2D eigenvalue weighted by Gasteiger charge is 2.08. The van der Waals surface area contributed by atoms with Crippen LogP contribution in [0.5, 0.6) is 0 Å². The second kappa shape index (κ2) is 7.13. The first kappa shape index (κ1) is 15.4. The fourth-order valence-corrected chi connectivity index (χ4v) is 2.21. The zero-order valence-corrected chi connectivity index (χ0v) is 12.7. The molecule has 0 aliphatic heterocycles. The molecule has 1 heterocycles. The summed E-state index contributed by atoms with van der Waals surface area (Å²) < 4.78 is 0. The number of anilines is 1. The lowest BCUT2D eigenvalue weighted by atomic mass is 10.2. The van der Waals surface area contributed by atoms with Gasteiger partial charge in [0.1, 0.15) is 5.82 Å². The number of aromatic nitrogens is 2. The van der Waals surface area contributed by atoms with Gasteiger partial charge in [0, 0.05) is 17.7 Å². The smallest absolute Gasteiger partial charge is 0.248 e. The standard InChI is InChI=1S/C15H19ClN4O/c1-2-3-7-13-19-12(14(16)20-13)9-18-11-6-4-5-10(8-11)15(17)21/h4-6,8,18H,2-3,7,9H2,1H3,(H2,17,21)(H,19,20). The van der Waals surface area contributed by atoms with Crippen LogP contribution in [0.3, 0.4) is 0 Å². The van der Waals surface area contributed by atoms with Gasteiger partial charge in [0.15, 0.2) is 5.15 Å². The van der Waals surface area contributed by atoms with Crippen LogP contribution in [-0.4, -0.2) is 15.9 Å². The van der Waals surface area contributed by atoms with Crippen molar-refractivity contribution >= 4 is 23.2 Å². The van der Waals surface area contributed by atoms with E-state index >= 15 is 0 Å². The van der Waals surface area contributed by atoms with Crippen molar-refractivity contribution in [2.45, 2.75) is 32.7 Å². The molecule has 2 rings (SSSR count). The predicted octanol–water partition coefficient (Wildman–Crippen LogP) is 3.12. The summed E-state index contributed by atoms with van der Waals surface area (Å²) in [4.78, 5) is 18.7. The van der Waals surface area contributed by atoms with Crippen molar-refractivity contribution in [2.24, 2.45) is 5.73 Å². The van der Waals surface area contributed by atoms with Gasteiger partial charge < -0.3 is 16.0 Å². The molecule has 112 valence electrons. The van der Waals surface area contributed by atoms with Crippen LogP contribution in [0, 0.1) is 0 Å². The number of unbranched alkanes of at least 4 members (excludes halogenated alkanes) is 1. The highest BCUT2D eigenvalue weighted by molar-refractivity contribution is 6.30. The zero-order chi connectivity index (χ0) is 15.2. The number of hydrogen-bond acceptors (Lipinski definition) is 3. The number of aromatic amines is 1. The van der Waals surface area contributed by atoms with E-state index in [9.17, 15) is 4.79 Å². The molecule has 0 bridgehead atoms. The van der Waals surface area contributed by atoms with Gasteiger partial charge in [0.25, 0.3) is 0 Å². The Hall–Kier alpha value is -2.01. The maximum atomic E-state index is 11.1. The van der Waals surface area contributed by atoms with Crippen molar-refractivity contribution in [3.05, 3.63) is 46.5 Å². The van der Waals surface area contributed by atoms with Gasteiger partial charge in [-0.1, -0.05) is 31.0 Å². The van der Waals surface area contributed by atoms with E-state index in [1.807, 2.05) is 6.07 Å². The number of nitrogens with two attached hydrogens (primary N) is 1. The van der Waals surface area contributed by atoms with Crippen LogP contribution in [0.2, 0.25) is 5.15 Å². The number of benzene rings is 1. The van der Waals surface area contributed by atoms with Crippen LogP contribution in [0.25, 0.3) is 0 Å². The van der Waals surface area contributed by atoms with E-state index in [1.165, 1.54) is 0 Å². The van der Waals surface area contributed by atoms with Crippen LogP contribution in [0.15, 0.2) is 24.3 Å². The van der Waals surface area contributed by atoms with Gasteiger partial charge in [-0.2, -0.15) is 0 Å². The van der Waals surface area contributed by atoms with Gasteiger partial charge in [0.2, 0.25) is 5.91 Å². The fraction of sp³-hybridized carbons (Fsp3) is 0.333. The molecule has 1 aromatic carbocycles. The van der Waals surface area contributed by atoms with Gasteiger partial charge in [-0.25, -0.2) is 4.98 Å². The first-order valence-corrected chi connectivity index (χ1v) is 7.35. The molecule has 0 atom stereocenters. The number of H-pyrrole nitrogens is 1. The monoisotopic (exact) mass is 306 g/mol. The Morgan fingerprint density at radius 2 is 2.29 bits per heavy atom. The van der Waals surface area contributed by atoms with E-state index in [4.69, 9.17) is 17.3 Å². The minimum absolute atomic E-state index is 0.444. The maximum Gasteiger partial charge on any atom is 0.248 e. The van der Waals surface area contributed by atoms with E-state index in [0.29, 0.717) is 17.3 Å². The Bertz CT molecular complexity index is 624. The molecule has 0 aliphatic rings. The number of amides is 1. The molecule has 2 aromatic rings. The molecule has 0 radical (unpaired) electrons. The molecule has 0 fully saturated rings. The summed E-state index contributed by atoms with van der Waals surface area (Å²) in [7, 11) is 0. The molecule has 0 unspecified atom stereocenters. The normalized spacial score (nSPS) is 10.6. The van der Waals surface area contributed by atoms with Crippen molar-refractivity contribution in [1.29, 1.82) is 0 Å². The molecule has 5 nitrogen and oxygen atoms in total. The number of nitrogens with zero attached hydrogens (tertiary/aromatic N) is 1.